The van der Waals surface area contributed by atoms with Crippen molar-refractivity contribution < 1.29 is 4.79 Å². The van der Waals surface area contributed by atoms with E-state index in [-0.39, 0.29) is 11.8 Å². The van der Waals surface area contributed by atoms with E-state index in [1.54, 1.807) is 18.6 Å². The van der Waals surface area contributed by atoms with E-state index >= 15 is 0 Å². The molecule has 1 aromatic carbocycles. The second kappa shape index (κ2) is 8.26. The molecule has 2 aliphatic heterocycles. The first-order valence-electron chi connectivity index (χ1n) is 10.7. The third-order valence-corrected chi connectivity index (χ3v) is 6.15. The predicted molar refractivity (Wildman–Crippen MR) is 116 cm³/mol. The summed E-state index contributed by atoms with van der Waals surface area (Å²) in [5, 5.41) is 3.09. The van der Waals surface area contributed by atoms with Crippen molar-refractivity contribution in [2.45, 2.75) is 38.6 Å². The van der Waals surface area contributed by atoms with Crippen molar-refractivity contribution in [2.24, 2.45) is 5.92 Å². The fourth-order valence-electron chi connectivity index (χ4n) is 4.44. The summed E-state index contributed by atoms with van der Waals surface area (Å²) in [5.74, 6) is 2.03. The van der Waals surface area contributed by atoms with Crippen molar-refractivity contribution in [3.05, 3.63) is 54.7 Å². The summed E-state index contributed by atoms with van der Waals surface area (Å²) in [4.78, 5) is 28.0. The molecule has 4 heterocycles. The number of imidazole rings is 1. The fourth-order valence-corrected chi connectivity index (χ4v) is 4.44. The van der Waals surface area contributed by atoms with E-state index in [2.05, 4.69) is 41.9 Å². The second-order valence-corrected chi connectivity index (χ2v) is 8.07. The molecule has 1 N–H and O–H groups in total. The van der Waals surface area contributed by atoms with E-state index in [9.17, 15) is 4.79 Å². The lowest BCUT2D eigenvalue weighted by molar-refractivity contribution is -0.120. The molecule has 154 valence electrons. The minimum atomic E-state index is 0.0249. The number of carbonyl (C=O) groups is 1. The monoisotopic (exact) mass is 402 g/mol. The molecule has 7 heteroatoms. The van der Waals surface area contributed by atoms with Crippen LogP contribution in [0.15, 0.2) is 49.1 Å². The minimum Gasteiger partial charge on any atom is -0.355 e. The molecule has 2 aromatic heterocycles. The molecule has 0 saturated carbocycles. The van der Waals surface area contributed by atoms with Gasteiger partial charge in [0.2, 0.25) is 5.91 Å². The maximum atomic E-state index is 12.7. The highest BCUT2D eigenvalue weighted by molar-refractivity contribution is 5.92. The number of nitrogens with one attached hydrogen (secondary N) is 1. The lowest BCUT2D eigenvalue weighted by Crippen LogP contribution is -2.38. The van der Waals surface area contributed by atoms with Crippen LogP contribution in [0.4, 0.5) is 11.5 Å². The van der Waals surface area contributed by atoms with Gasteiger partial charge in [-0.05, 0) is 56.4 Å². The van der Waals surface area contributed by atoms with Gasteiger partial charge in [0.15, 0.2) is 0 Å². The second-order valence-electron chi connectivity index (χ2n) is 8.07. The first-order chi connectivity index (χ1) is 14.8. The molecule has 7 nitrogen and oxygen atoms in total. The fraction of sp³-hybridized carbons (Fsp3) is 0.391. The first kappa shape index (κ1) is 18.8. The Labute approximate surface area is 176 Å². The normalized spacial score (nSPS) is 16.9. The molecule has 3 aromatic rings. The zero-order chi connectivity index (χ0) is 20.3. The molecule has 0 atom stereocenters. The molecule has 1 saturated heterocycles. The van der Waals surface area contributed by atoms with Gasteiger partial charge in [0.25, 0.3) is 0 Å². The van der Waals surface area contributed by atoms with Gasteiger partial charge in [0.1, 0.15) is 11.6 Å². The number of hydrogen-bond acceptors (Lipinski definition) is 5. The molecular weight excluding hydrogens is 376 g/mol. The summed E-state index contributed by atoms with van der Waals surface area (Å²) < 4.78 is 2.32. The van der Waals surface area contributed by atoms with Gasteiger partial charge in [-0.25, -0.2) is 9.97 Å². The predicted octanol–water partition coefficient (Wildman–Crippen LogP) is 3.53. The quantitative estimate of drug-likeness (QED) is 0.722. The Morgan fingerprint density at radius 1 is 0.967 bits per heavy atom. The number of aryl methyl sites for hydroxylation is 1. The topological polar surface area (TPSA) is 75.9 Å². The van der Waals surface area contributed by atoms with Crippen LogP contribution >= 0.6 is 0 Å². The maximum absolute atomic E-state index is 12.7. The Hall–Kier alpha value is -3.22. The van der Waals surface area contributed by atoms with E-state index in [0.717, 1.165) is 61.8 Å². The number of aromatic nitrogens is 4. The van der Waals surface area contributed by atoms with Gasteiger partial charge < -0.3 is 14.8 Å². The van der Waals surface area contributed by atoms with Crippen molar-refractivity contribution in [3.63, 3.8) is 0 Å². The van der Waals surface area contributed by atoms with Gasteiger partial charge in [0.05, 0.1) is 6.20 Å². The van der Waals surface area contributed by atoms with Crippen LogP contribution in [0.2, 0.25) is 0 Å². The molecule has 30 heavy (non-hydrogen) atoms. The van der Waals surface area contributed by atoms with Crippen LogP contribution in [0.5, 0.6) is 0 Å². The SMILES string of the molecule is O=C(Nc1ccc(-c2ncc3n2CCCC3)cc1)C1CCN(c2cnccn2)CC1. The van der Waals surface area contributed by atoms with Crippen molar-refractivity contribution in [3.8, 4) is 11.4 Å². The number of amides is 1. The smallest absolute Gasteiger partial charge is 0.227 e. The third kappa shape index (κ3) is 3.79. The zero-order valence-electron chi connectivity index (χ0n) is 17.0. The van der Waals surface area contributed by atoms with Gasteiger partial charge in [0, 0.05) is 61.1 Å². The van der Waals surface area contributed by atoms with Crippen molar-refractivity contribution >= 4 is 17.4 Å². The molecule has 1 fully saturated rings. The highest BCUT2D eigenvalue weighted by Crippen LogP contribution is 2.26. The van der Waals surface area contributed by atoms with Crippen molar-refractivity contribution in [2.75, 3.05) is 23.3 Å². The standard InChI is InChI=1S/C23H26N6O/c30-23(18-8-13-28(14-9-18)21-16-24-10-11-25-21)27-19-6-4-17(5-7-19)22-26-15-20-3-1-2-12-29(20)22/h4-7,10-11,15-16,18H,1-3,8-9,12-14H2,(H,27,30). The summed E-state index contributed by atoms with van der Waals surface area (Å²) in [6, 6.07) is 8.06. The summed E-state index contributed by atoms with van der Waals surface area (Å²) in [7, 11) is 0. The van der Waals surface area contributed by atoms with E-state index < -0.39 is 0 Å². The van der Waals surface area contributed by atoms with Gasteiger partial charge in [-0.3, -0.25) is 9.78 Å². The number of hydrogen-bond donors (Lipinski definition) is 1. The number of fused-ring (bicyclic) bond motifs is 1. The number of piperidine rings is 1. The maximum Gasteiger partial charge on any atom is 0.227 e. The van der Waals surface area contributed by atoms with E-state index in [1.165, 1.54) is 18.5 Å². The largest absolute Gasteiger partial charge is 0.355 e. The van der Waals surface area contributed by atoms with Gasteiger partial charge in [-0.1, -0.05) is 0 Å². The van der Waals surface area contributed by atoms with Crippen LogP contribution in [0.25, 0.3) is 11.4 Å². The average molecular weight is 403 g/mol. The lowest BCUT2D eigenvalue weighted by atomic mass is 9.96. The van der Waals surface area contributed by atoms with E-state index in [0.29, 0.717) is 0 Å². The summed E-state index contributed by atoms with van der Waals surface area (Å²) in [6.07, 6.45) is 12.4. The van der Waals surface area contributed by atoms with Gasteiger partial charge in [-0.2, -0.15) is 0 Å². The Morgan fingerprint density at radius 3 is 2.57 bits per heavy atom. The average Bonchev–Trinajstić information content (AvgIpc) is 3.24. The summed E-state index contributed by atoms with van der Waals surface area (Å²) in [6.45, 7) is 2.68. The molecule has 0 unspecified atom stereocenters. The number of anilines is 2. The minimum absolute atomic E-state index is 0.0249. The molecule has 0 bridgehead atoms. The number of carbonyl (C=O) groups excluding carboxylic acids is 1. The van der Waals surface area contributed by atoms with Crippen LogP contribution in [-0.2, 0) is 17.8 Å². The molecule has 0 aliphatic carbocycles. The van der Waals surface area contributed by atoms with Crippen molar-refractivity contribution in [1.82, 2.24) is 19.5 Å². The third-order valence-electron chi connectivity index (χ3n) is 6.15. The van der Waals surface area contributed by atoms with Crippen molar-refractivity contribution in [1.29, 1.82) is 0 Å². The lowest BCUT2D eigenvalue weighted by Gasteiger charge is -2.31. The highest BCUT2D eigenvalue weighted by Gasteiger charge is 2.25. The molecule has 5 rings (SSSR count). The van der Waals surface area contributed by atoms with Gasteiger partial charge >= 0.3 is 0 Å². The Morgan fingerprint density at radius 2 is 1.80 bits per heavy atom. The molecule has 2 aliphatic rings. The number of rotatable bonds is 4. The molecule has 0 spiro atoms. The van der Waals surface area contributed by atoms with Crippen LogP contribution in [0.3, 0.4) is 0 Å². The Bertz CT molecular complexity index is 1010. The molecule has 1 amide bonds. The van der Waals surface area contributed by atoms with Crippen LogP contribution in [0.1, 0.15) is 31.4 Å². The molecule has 0 radical (unpaired) electrons. The van der Waals surface area contributed by atoms with Crippen LogP contribution < -0.4 is 10.2 Å². The zero-order valence-corrected chi connectivity index (χ0v) is 17.0. The van der Waals surface area contributed by atoms with Crippen LogP contribution in [-0.4, -0.2) is 38.5 Å². The summed E-state index contributed by atoms with van der Waals surface area (Å²) >= 11 is 0. The Balaban J connectivity index is 1.19. The van der Waals surface area contributed by atoms with E-state index in [4.69, 9.17) is 0 Å². The molecular formula is C23H26N6O. The van der Waals surface area contributed by atoms with Crippen LogP contribution in [0, 0.1) is 5.92 Å². The van der Waals surface area contributed by atoms with Gasteiger partial charge in [-0.15, -0.1) is 0 Å². The summed E-state index contributed by atoms with van der Waals surface area (Å²) in [5.41, 5.74) is 3.26. The first-order valence-corrected chi connectivity index (χ1v) is 10.7. The highest BCUT2D eigenvalue weighted by atomic mass is 16.1. The Kier molecular flexibility index (Phi) is 5.17. The van der Waals surface area contributed by atoms with E-state index in [1.807, 2.05) is 18.3 Å². The number of benzene rings is 1. The number of nitrogens with zero attached hydrogens (tertiary/aromatic N) is 5.